The van der Waals surface area contributed by atoms with Crippen molar-refractivity contribution in [1.82, 2.24) is 24.0 Å². The zero-order chi connectivity index (χ0) is 21.4. The van der Waals surface area contributed by atoms with E-state index in [9.17, 15) is 4.79 Å². The lowest BCUT2D eigenvalue weighted by Crippen LogP contribution is -2.39. The molecular weight excluding hydrogens is 386 g/mol. The second-order valence-electron chi connectivity index (χ2n) is 8.60. The summed E-state index contributed by atoms with van der Waals surface area (Å²) >= 11 is 0. The second kappa shape index (κ2) is 8.17. The van der Waals surface area contributed by atoms with Gasteiger partial charge in [0.1, 0.15) is 11.6 Å². The van der Waals surface area contributed by atoms with Crippen molar-refractivity contribution in [2.75, 3.05) is 13.1 Å². The van der Waals surface area contributed by atoms with Gasteiger partial charge in [0.15, 0.2) is 0 Å². The van der Waals surface area contributed by atoms with Crippen LogP contribution in [0.2, 0.25) is 0 Å². The molecule has 1 saturated heterocycles. The molecule has 3 heterocycles. The van der Waals surface area contributed by atoms with Crippen LogP contribution in [0.5, 0.6) is 0 Å². The minimum absolute atomic E-state index is 0.255. The number of nitrogens with zero attached hydrogens (tertiary/aromatic N) is 5. The monoisotopic (exact) mass is 415 g/mol. The van der Waals surface area contributed by atoms with Crippen LogP contribution in [-0.2, 0) is 18.4 Å². The number of hydrogen-bond donors (Lipinski definition) is 0. The molecule has 6 nitrogen and oxygen atoms in total. The van der Waals surface area contributed by atoms with Gasteiger partial charge in [-0.05, 0) is 50.5 Å². The largest absolute Gasteiger partial charge is 0.342 e. The quantitative estimate of drug-likeness (QED) is 0.485. The maximum atomic E-state index is 13.0. The van der Waals surface area contributed by atoms with Gasteiger partial charge >= 0.3 is 0 Å². The number of carbonyl (C=O) groups is 1. The fraction of sp³-hybridized carbons (Fsp3) is 0.400. The molecule has 4 aromatic rings. The molecular formula is C25H29N5O. The van der Waals surface area contributed by atoms with Crippen molar-refractivity contribution in [1.29, 1.82) is 0 Å². The first-order valence-electron chi connectivity index (χ1n) is 11.2. The molecule has 160 valence electrons. The van der Waals surface area contributed by atoms with Crippen LogP contribution in [-0.4, -0.2) is 43.0 Å². The van der Waals surface area contributed by atoms with Gasteiger partial charge in [-0.2, -0.15) is 0 Å². The molecule has 0 unspecified atom stereocenters. The fourth-order valence-corrected chi connectivity index (χ4v) is 4.97. The Labute approximate surface area is 182 Å². The summed E-state index contributed by atoms with van der Waals surface area (Å²) in [6, 6.07) is 16.4. The summed E-state index contributed by atoms with van der Waals surface area (Å²) in [7, 11) is 2.09. The molecule has 1 fully saturated rings. The van der Waals surface area contributed by atoms with Gasteiger partial charge in [0.2, 0.25) is 5.91 Å². The SMILES string of the molecule is Cc1nc2ccccc2n1CCCC(=O)N1CCC[C@@H](c2nc3ccccc3n2C)C1. The van der Waals surface area contributed by atoms with Crippen LogP contribution in [0.1, 0.15) is 43.3 Å². The van der Waals surface area contributed by atoms with E-state index < -0.39 is 0 Å². The van der Waals surface area contributed by atoms with Crippen LogP contribution in [0, 0.1) is 6.92 Å². The Morgan fingerprint density at radius 2 is 1.74 bits per heavy atom. The predicted molar refractivity (Wildman–Crippen MR) is 123 cm³/mol. The zero-order valence-corrected chi connectivity index (χ0v) is 18.3. The predicted octanol–water partition coefficient (Wildman–Crippen LogP) is 4.42. The molecule has 0 radical (unpaired) electrons. The Morgan fingerprint density at radius 3 is 2.52 bits per heavy atom. The maximum absolute atomic E-state index is 13.0. The van der Waals surface area contributed by atoms with Crippen LogP contribution < -0.4 is 0 Å². The van der Waals surface area contributed by atoms with Crippen LogP contribution in [0.15, 0.2) is 48.5 Å². The number of imidazole rings is 2. The Hall–Kier alpha value is -3.15. The first-order valence-corrected chi connectivity index (χ1v) is 11.2. The molecule has 0 N–H and O–H groups in total. The van der Waals surface area contributed by atoms with Gasteiger partial charge in [0, 0.05) is 39.0 Å². The number of rotatable bonds is 5. The molecule has 6 heteroatoms. The zero-order valence-electron chi connectivity index (χ0n) is 18.3. The van der Waals surface area contributed by atoms with Gasteiger partial charge in [0.25, 0.3) is 0 Å². The number of amides is 1. The van der Waals surface area contributed by atoms with E-state index in [2.05, 4.69) is 45.4 Å². The molecule has 0 aliphatic carbocycles. The number of benzene rings is 2. The average Bonchev–Trinajstić information content (AvgIpc) is 3.30. The summed E-state index contributed by atoms with van der Waals surface area (Å²) in [6.45, 7) is 4.48. The minimum atomic E-state index is 0.255. The molecule has 1 amide bonds. The number of fused-ring (bicyclic) bond motifs is 2. The molecule has 1 aliphatic rings. The van der Waals surface area contributed by atoms with E-state index in [1.807, 2.05) is 36.1 Å². The number of likely N-dealkylation sites (tertiary alicyclic amines) is 1. The first-order chi connectivity index (χ1) is 15.1. The van der Waals surface area contributed by atoms with E-state index in [0.29, 0.717) is 12.3 Å². The summed E-state index contributed by atoms with van der Waals surface area (Å²) in [4.78, 5) is 24.5. The summed E-state index contributed by atoms with van der Waals surface area (Å²) in [6.07, 6.45) is 3.51. The highest BCUT2D eigenvalue weighted by molar-refractivity contribution is 5.78. The average molecular weight is 416 g/mol. The Kier molecular flexibility index (Phi) is 5.22. The lowest BCUT2D eigenvalue weighted by molar-refractivity contribution is -0.132. The highest BCUT2D eigenvalue weighted by Gasteiger charge is 2.27. The summed E-state index contributed by atoms with van der Waals surface area (Å²) in [5.41, 5.74) is 4.36. The third kappa shape index (κ3) is 3.71. The molecule has 0 spiro atoms. The highest BCUT2D eigenvalue weighted by atomic mass is 16.2. The van der Waals surface area contributed by atoms with E-state index >= 15 is 0 Å². The first kappa shape index (κ1) is 19.8. The van der Waals surface area contributed by atoms with Crippen molar-refractivity contribution in [2.45, 2.75) is 45.1 Å². The second-order valence-corrected chi connectivity index (χ2v) is 8.60. The van der Waals surface area contributed by atoms with E-state index in [-0.39, 0.29) is 5.91 Å². The summed E-state index contributed by atoms with van der Waals surface area (Å²) in [5, 5.41) is 0. The maximum Gasteiger partial charge on any atom is 0.222 e. The number of carbonyl (C=O) groups excluding carboxylic acids is 1. The Bertz CT molecular complexity index is 1240. The Morgan fingerprint density at radius 1 is 1.03 bits per heavy atom. The molecule has 2 aromatic carbocycles. The molecule has 1 aliphatic heterocycles. The van der Waals surface area contributed by atoms with Crippen molar-refractivity contribution in [3.8, 4) is 0 Å². The third-order valence-corrected chi connectivity index (χ3v) is 6.58. The van der Waals surface area contributed by atoms with Gasteiger partial charge in [-0.3, -0.25) is 4.79 Å². The molecule has 0 saturated carbocycles. The number of hydrogen-bond acceptors (Lipinski definition) is 3. The molecule has 1 atom stereocenters. The van der Waals surface area contributed by atoms with Gasteiger partial charge in [0.05, 0.1) is 22.1 Å². The van der Waals surface area contributed by atoms with Crippen LogP contribution in [0.3, 0.4) is 0 Å². The van der Waals surface area contributed by atoms with E-state index in [4.69, 9.17) is 4.98 Å². The lowest BCUT2D eigenvalue weighted by Gasteiger charge is -2.32. The topological polar surface area (TPSA) is 56.0 Å². The number of piperidine rings is 1. The number of aromatic nitrogens is 4. The van der Waals surface area contributed by atoms with Gasteiger partial charge < -0.3 is 14.0 Å². The van der Waals surface area contributed by atoms with Crippen LogP contribution in [0.25, 0.3) is 22.1 Å². The molecule has 31 heavy (non-hydrogen) atoms. The van der Waals surface area contributed by atoms with Gasteiger partial charge in [-0.25, -0.2) is 9.97 Å². The standard InChI is InChI=1S/C25H29N5O/c1-18-26-21-11-4-6-13-23(21)30(18)16-8-14-24(31)29-15-7-9-19(17-29)25-27-20-10-3-5-12-22(20)28(25)2/h3-6,10-13,19H,7-9,14-17H2,1-2H3/t19-/m1/s1. The minimum Gasteiger partial charge on any atom is -0.342 e. The number of aryl methyl sites for hydroxylation is 3. The molecule has 2 aromatic heterocycles. The van der Waals surface area contributed by atoms with Crippen molar-refractivity contribution >= 4 is 28.0 Å². The molecule has 5 rings (SSSR count). The summed E-state index contributed by atoms with van der Waals surface area (Å²) in [5.74, 6) is 2.66. The van der Waals surface area contributed by atoms with Gasteiger partial charge in [-0.1, -0.05) is 24.3 Å². The Balaban J connectivity index is 1.23. The van der Waals surface area contributed by atoms with E-state index in [1.165, 1.54) is 0 Å². The molecule has 0 bridgehead atoms. The normalized spacial score (nSPS) is 17.0. The third-order valence-electron chi connectivity index (χ3n) is 6.58. The van der Waals surface area contributed by atoms with E-state index in [0.717, 1.165) is 72.6 Å². The lowest BCUT2D eigenvalue weighted by atomic mass is 9.96. The summed E-state index contributed by atoms with van der Waals surface area (Å²) < 4.78 is 4.42. The van der Waals surface area contributed by atoms with Crippen molar-refractivity contribution in [3.05, 3.63) is 60.2 Å². The van der Waals surface area contributed by atoms with Crippen LogP contribution >= 0.6 is 0 Å². The van der Waals surface area contributed by atoms with Crippen molar-refractivity contribution < 1.29 is 4.79 Å². The van der Waals surface area contributed by atoms with Crippen molar-refractivity contribution in [3.63, 3.8) is 0 Å². The highest BCUT2D eigenvalue weighted by Crippen LogP contribution is 2.29. The number of para-hydroxylation sites is 4. The van der Waals surface area contributed by atoms with E-state index in [1.54, 1.807) is 0 Å². The smallest absolute Gasteiger partial charge is 0.222 e. The van der Waals surface area contributed by atoms with Gasteiger partial charge in [-0.15, -0.1) is 0 Å². The van der Waals surface area contributed by atoms with Crippen molar-refractivity contribution in [2.24, 2.45) is 7.05 Å². The van der Waals surface area contributed by atoms with Crippen LogP contribution in [0.4, 0.5) is 0 Å². The fourth-order valence-electron chi connectivity index (χ4n) is 4.97.